The second kappa shape index (κ2) is 7.88. The van der Waals surface area contributed by atoms with Gasteiger partial charge in [0.1, 0.15) is 11.3 Å². The summed E-state index contributed by atoms with van der Waals surface area (Å²) >= 11 is 0. The number of benzene rings is 1. The molecular formula is C19H25N5O. The summed E-state index contributed by atoms with van der Waals surface area (Å²) in [5.74, 6) is 1.98. The molecule has 132 valence electrons. The topological polar surface area (TPSA) is 78.0 Å². The second-order valence-corrected chi connectivity index (χ2v) is 5.93. The van der Waals surface area contributed by atoms with Crippen LogP contribution in [0.1, 0.15) is 32.3 Å². The number of unbranched alkanes of at least 4 members (excludes halogenated alkanes) is 1. The molecule has 0 unspecified atom stereocenters. The first-order valence-corrected chi connectivity index (χ1v) is 8.79. The van der Waals surface area contributed by atoms with Gasteiger partial charge in [-0.25, -0.2) is 4.98 Å². The van der Waals surface area contributed by atoms with Gasteiger partial charge in [-0.2, -0.15) is 4.98 Å². The zero-order chi connectivity index (χ0) is 17.6. The standard InChI is InChI=1S/C19H25N5O/c1-3-5-11-21-18-17-15(22-19(20)23-18)10-12-24(17)13-14-8-6-7-9-16(14)25-4-2/h6-10,12H,3-5,11,13H2,1-2H3,(H3,20,21,22,23). The summed E-state index contributed by atoms with van der Waals surface area (Å²) in [7, 11) is 0. The highest BCUT2D eigenvalue weighted by molar-refractivity contribution is 5.87. The molecule has 25 heavy (non-hydrogen) atoms. The highest BCUT2D eigenvalue weighted by Gasteiger charge is 2.13. The first kappa shape index (κ1) is 17.1. The van der Waals surface area contributed by atoms with Crippen LogP contribution >= 0.6 is 0 Å². The van der Waals surface area contributed by atoms with Crippen molar-refractivity contribution in [3.8, 4) is 5.75 Å². The van der Waals surface area contributed by atoms with Gasteiger partial charge < -0.3 is 20.4 Å². The maximum atomic E-state index is 5.86. The van der Waals surface area contributed by atoms with E-state index in [1.54, 1.807) is 0 Å². The van der Waals surface area contributed by atoms with Crippen molar-refractivity contribution in [2.75, 3.05) is 24.2 Å². The minimum atomic E-state index is 0.291. The number of nitrogens with one attached hydrogen (secondary N) is 1. The molecule has 3 rings (SSSR count). The smallest absolute Gasteiger partial charge is 0.222 e. The summed E-state index contributed by atoms with van der Waals surface area (Å²) in [5, 5.41) is 3.40. The van der Waals surface area contributed by atoms with Crippen LogP contribution in [0.4, 0.5) is 11.8 Å². The number of para-hydroxylation sites is 1. The van der Waals surface area contributed by atoms with E-state index < -0.39 is 0 Å². The predicted molar refractivity (Wildman–Crippen MR) is 102 cm³/mol. The van der Waals surface area contributed by atoms with E-state index in [0.717, 1.165) is 47.6 Å². The van der Waals surface area contributed by atoms with Gasteiger partial charge in [0.2, 0.25) is 5.95 Å². The zero-order valence-corrected chi connectivity index (χ0v) is 14.8. The zero-order valence-electron chi connectivity index (χ0n) is 14.8. The summed E-state index contributed by atoms with van der Waals surface area (Å²) in [6.07, 6.45) is 4.23. The van der Waals surface area contributed by atoms with Crippen LogP contribution in [0.25, 0.3) is 11.0 Å². The summed E-state index contributed by atoms with van der Waals surface area (Å²) in [6.45, 7) is 6.36. The van der Waals surface area contributed by atoms with E-state index >= 15 is 0 Å². The molecule has 2 heterocycles. The first-order valence-electron chi connectivity index (χ1n) is 8.79. The monoisotopic (exact) mass is 339 g/mol. The molecular weight excluding hydrogens is 314 g/mol. The predicted octanol–water partition coefficient (Wildman–Crippen LogP) is 3.67. The van der Waals surface area contributed by atoms with E-state index in [1.807, 2.05) is 37.4 Å². The molecule has 0 saturated heterocycles. The van der Waals surface area contributed by atoms with Gasteiger partial charge in [-0.3, -0.25) is 0 Å². The van der Waals surface area contributed by atoms with Crippen LogP contribution in [-0.4, -0.2) is 27.7 Å². The Morgan fingerprint density at radius 1 is 1.16 bits per heavy atom. The molecule has 6 nitrogen and oxygen atoms in total. The van der Waals surface area contributed by atoms with Crippen molar-refractivity contribution in [3.05, 3.63) is 42.1 Å². The molecule has 0 amide bonds. The van der Waals surface area contributed by atoms with Gasteiger partial charge in [0, 0.05) is 18.3 Å². The van der Waals surface area contributed by atoms with Gasteiger partial charge in [0.15, 0.2) is 5.82 Å². The van der Waals surface area contributed by atoms with Crippen LogP contribution in [0.5, 0.6) is 5.75 Å². The van der Waals surface area contributed by atoms with Crippen molar-refractivity contribution in [2.45, 2.75) is 33.2 Å². The van der Waals surface area contributed by atoms with Crippen molar-refractivity contribution in [3.63, 3.8) is 0 Å². The highest BCUT2D eigenvalue weighted by atomic mass is 16.5. The Morgan fingerprint density at radius 3 is 2.80 bits per heavy atom. The van der Waals surface area contributed by atoms with Gasteiger partial charge in [0.05, 0.1) is 18.7 Å². The molecule has 0 fully saturated rings. The molecule has 0 spiro atoms. The molecule has 1 aromatic carbocycles. The van der Waals surface area contributed by atoms with E-state index in [-0.39, 0.29) is 0 Å². The third-order valence-corrected chi connectivity index (χ3v) is 4.06. The summed E-state index contributed by atoms with van der Waals surface area (Å²) in [6, 6.07) is 10.1. The Kier molecular flexibility index (Phi) is 5.38. The third-order valence-electron chi connectivity index (χ3n) is 4.06. The van der Waals surface area contributed by atoms with Crippen molar-refractivity contribution < 1.29 is 4.74 Å². The molecule has 0 aliphatic heterocycles. The summed E-state index contributed by atoms with van der Waals surface area (Å²) < 4.78 is 7.89. The number of nitrogens with two attached hydrogens (primary N) is 1. The number of nitrogen functional groups attached to an aromatic ring is 1. The van der Waals surface area contributed by atoms with Gasteiger partial charge in [0.25, 0.3) is 0 Å². The number of anilines is 2. The molecule has 3 N–H and O–H groups in total. The molecule has 2 aromatic heterocycles. The summed E-state index contributed by atoms with van der Waals surface area (Å²) in [5.41, 5.74) is 8.80. The van der Waals surface area contributed by atoms with Gasteiger partial charge in [-0.05, 0) is 25.5 Å². The molecule has 0 radical (unpaired) electrons. The van der Waals surface area contributed by atoms with E-state index in [9.17, 15) is 0 Å². The number of fused-ring (bicyclic) bond motifs is 1. The lowest BCUT2D eigenvalue weighted by atomic mass is 10.2. The molecule has 0 bridgehead atoms. The van der Waals surface area contributed by atoms with Crippen molar-refractivity contribution in [1.29, 1.82) is 0 Å². The third kappa shape index (κ3) is 3.84. The molecule has 3 aromatic rings. The van der Waals surface area contributed by atoms with Crippen molar-refractivity contribution >= 4 is 22.8 Å². The maximum Gasteiger partial charge on any atom is 0.222 e. The van der Waals surface area contributed by atoms with Crippen molar-refractivity contribution in [2.24, 2.45) is 0 Å². The Labute approximate surface area is 148 Å². The fourth-order valence-corrected chi connectivity index (χ4v) is 2.88. The Balaban J connectivity index is 1.97. The number of nitrogens with zero attached hydrogens (tertiary/aromatic N) is 3. The second-order valence-electron chi connectivity index (χ2n) is 5.93. The van der Waals surface area contributed by atoms with Crippen LogP contribution < -0.4 is 15.8 Å². The molecule has 0 aliphatic carbocycles. The van der Waals surface area contributed by atoms with Crippen LogP contribution in [0.2, 0.25) is 0 Å². The van der Waals surface area contributed by atoms with E-state index in [0.29, 0.717) is 19.1 Å². The minimum Gasteiger partial charge on any atom is -0.494 e. The number of rotatable bonds is 8. The average Bonchev–Trinajstić information content (AvgIpc) is 3.00. The maximum absolute atomic E-state index is 5.86. The Morgan fingerprint density at radius 2 is 2.00 bits per heavy atom. The normalized spacial score (nSPS) is 11.0. The van der Waals surface area contributed by atoms with Gasteiger partial charge in [-0.1, -0.05) is 31.5 Å². The lowest BCUT2D eigenvalue weighted by molar-refractivity contribution is 0.336. The minimum absolute atomic E-state index is 0.291. The Hall–Kier alpha value is -2.76. The van der Waals surface area contributed by atoms with Gasteiger partial charge in [-0.15, -0.1) is 0 Å². The van der Waals surface area contributed by atoms with Gasteiger partial charge >= 0.3 is 0 Å². The molecule has 0 aliphatic rings. The summed E-state index contributed by atoms with van der Waals surface area (Å²) in [4.78, 5) is 8.77. The number of hydrogen-bond donors (Lipinski definition) is 2. The molecule has 6 heteroatoms. The average molecular weight is 339 g/mol. The van der Waals surface area contributed by atoms with Crippen molar-refractivity contribution in [1.82, 2.24) is 14.5 Å². The SMILES string of the molecule is CCCCNc1nc(N)nc2ccn(Cc3ccccc3OCC)c12. The largest absolute Gasteiger partial charge is 0.494 e. The van der Waals surface area contributed by atoms with Crippen LogP contribution in [0.3, 0.4) is 0 Å². The quantitative estimate of drug-likeness (QED) is 0.612. The number of ether oxygens (including phenoxy) is 1. The lowest BCUT2D eigenvalue weighted by Gasteiger charge is -2.13. The highest BCUT2D eigenvalue weighted by Crippen LogP contribution is 2.26. The van der Waals surface area contributed by atoms with Crippen LogP contribution in [-0.2, 0) is 6.54 Å². The fraction of sp³-hybridized carbons (Fsp3) is 0.368. The number of aromatic nitrogens is 3. The van der Waals surface area contributed by atoms with E-state index in [1.165, 1.54) is 0 Å². The first-order chi connectivity index (χ1) is 12.2. The molecule has 0 atom stereocenters. The van der Waals surface area contributed by atoms with Crippen LogP contribution in [0, 0.1) is 0 Å². The van der Waals surface area contributed by atoms with E-state index in [4.69, 9.17) is 10.5 Å². The van der Waals surface area contributed by atoms with E-state index in [2.05, 4.69) is 32.8 Å². The lowest BCUT2D eigenvalue weighted by Crippen LogP contribution is -2.09. The fourth-order valence-electron chi connectivity index (χ4n) is 2.88. The van der Waals surface area contributed by atoms with Crippen LogP contribution in [0.15, 0.2) is 36.5 Å². The Bertz CT molecular complexity index is 843. The number of hydrogen-bond acceptors (Lipinski definition) is 5. The molecule has 0 saturated carbocycles.